The molecule has 2 heterocycles. The van der Waals surface area contributed by atoms with Crippen LogP contribution in [0, 0.1) is 11.3 Å². The van der Waals surface area contributed by atoms with Crippen molar-refractivity contribution in [2.75, 3.05) is 0 Å². The summed E-state index contributed by atoms with van der Waals surface area (Å²) in [5.41, 5.74) is 0.835. The van der Waals surface area contributed by atoms with E-state index in [4.69, 9.17) is 0 Å². The van der Waals surface area contributed by atoms with Crippen molar-refractivity contribution in [2.45, 2.75) is 5.92 Å². The minimum absolute atomic E-state index is 0.170. The van der Waals surface area contributed by atoms with Crippen LogP contribution in [0.3, 0.4) is 0 Å². The van der Waals surface area contributed by atoms with Crippen LogP contribution in [-0.2, 0) is 0 Å². The van der Waals surface area contributed by atoms with Gasteiger partial charge in [-0.05, 0) is 23.6 Å². The maximum Gasteiger partial charge on any atom is 0.196 e. The number of para-hydroxylation sites is 1. The Hall–Kier alpha value is -2.03. The van der Waals surface area contributed by atoms with Crippen molar-refractivity contribution in [3.8, 4) is 6.07 Å². The van der Waals surface area contributed by atoms with Gasteiger partial charge in [-0.1, -0.05) is 18.2 Å². The van der Waals surface area contributed by atoms with E-state index in [1.54, 1.807) is 6.07 Å². The Balaban J connectivity index is 2.03. The summed E-state index contributed by atoms with van der Waals surface area (Å²) in [6.07, 6.45) is 0. The summed E-state index contributed by atoms with van der Waals surface area (Å²) in [5, 5.41) is 11.7. The summed E-state index contributed by atoms with van der Waals surface area (Å²) >= 11 is 2.76. The van der Waals surface area contributed by atoms with E-state index >= 15 is 0 Å². The van der Waals surface area contributed by atoms with E-state index < -0.39 is 5.92 Å². The highest BCUT2D eigenvalue weighted by Crippen LogP contribution is 2.30. The Bertz CT molecular complexity index is 735. The standard InChI is InChI=1S/C14H8N2OS2/c15-8-9(13(17)12-6-3-7-18-12)14-16-10-4-1-2-5-11(10)19-14/h1-7,9H/t9-/m0/s1. The van der Waals surface area contributed by atoms with E-state index in [1.165, 1.54) is 22.7 Å². The van der Waals surface area contributed by atoms with Gasteiger partial charge in [0.05, 0.1) is 21.2 Å². The monoisotopic (exact) mass is 284 g/mol. The molecular formula is C14H8N2OS2. The second-order valence-electron chi connectivity index (χ2n) is 3.92. The van der Waals surface area contributed by atoms with Crippen molar-refractivity contribution in [3.05, 3.63) is 51.7 Å². The molecule has 0 aliphatic rings. The van der Waals surface area contributed by atoms with E-state index in [2.05, 4.69) is 11.1 Å². The molecule has 0 bridgehead atoms. The third-order valence-electron chi connectivity index (χ3n) is 2.71. The molecule has 0 aliphatic heterocycles. The van der Waals surface area contributed by atoms with Crippen LogP contribution in [0.5, 0.6) is 0 Å². The molecule has 1 aromatic carbocycles. The van der Waals surface area contributed by atoms with Gasteiger partial charge in [-0.25, -0.2) is 4.98 Å². The molecule has 5 heteroatoms. The first-order valence-corrected chi connectivity index (χ1v) is 7.32. The smallest absolute Gasteiger partial charge is 0.196 e. The molecule has 92 valence electrons. The summed E-state index contributed by atoms with van der Waals surface area (Å²) in [6, 6.07) is 13.3. The average molecular weight is 284 g/mol. The van der Waals surface area contributed by atoms with Gasteiger partial charge in [0.15, 0.2) is 11.7 Å². The Morgan fingerprint density at radius 2 is 2.11 bits per heavy atom. The molecule has 3 nitrogen and oxygen atoms in total. The lowest BCUT2D eigenvalue weighted by Gasteiger charge is -2.01. The largest absolute Gasteiger partial charge is 0.291 e. The van der Waals surface area contributed by atoms with Crippen LogP contribution in [-0.4, -0.2) is 10.8 Å². The molecule has 1 atom stereocenters. The van der Waals surface area contributed by atoms with Crippen molar-refractivity contribution < 1.29 is 4.79 Å². The fourth-order valence-electron chi connectivity index (χ4n) is 1.80. The van der Waals surface area contributed by atoms with Gasteiger partial charge < -0.3 is 0 Å². The quantitative estimate of drug-likeness (QED) is 0.686. The van der Waals surface area contributed by atoms with Crippen LogP contribution in [0.15, 0.2) is 41.8 Å². The number of fused-ring (bicyclic) bond motifs is 1. The van der Waals surface area contributed by atoms with E-state index in [9.17, 15) is 10.1 Å². The number of Topliss-reactive ketones (excluding diaryl/α,β-unsaturated/α-hetero) is 1. The van der Waals surface area contributed by atoms with Crippen molar-refractivity contribution >= 4 is 38.7 Å². The minimum Gasteiger partial charge on any atom is -0.291 e. The summed E-state index contributed by atoms with van der Waals surface area (Å²) in [5.74, 6) is -0.979. The van der Waals surface area contributed by atoms with Crippen LogP contribution in [0.2, 0.25) is 0 Å². The van der Waals surface area contributed by atoms with Gasteiger partial charge in [0.1, 0.15) is 5.01 Å². The van der Waals surface area contributed by atoms with Crippen LogP contribution in [0.4, 0.5) is 0 Å². The Morgan fingerprint density at radius 3 is 2.79 bits per heavy atom. The van der Waals surface area contributed by atoms with Crippen LogP contribution < -0.4 is 0 Å². The predicted molar refractivity (Wildman–Crippen MR) is 76.6 cm³/mol. The molecule has 0 aliphatic carbocycles. The minimum atomic E-state index is -0.809. The topological polar surface area (TPSA) is 53.8 Å². The van der Waals surface area contributed by atoms with Gasteiger partial charge in [-0.3, -0.25) is 4.79 Å². The fraction of sp³-hybridized carbons (Fsp3) is 0.0714. The Labute approximate surface area is 117 Å². The van der Waals surface area contributed by atoms with Crippen LogP contribution in [0.1, 0.15) is 20.6 Å². The summed E-state index contributed by atoms with van der Waals surface area (Å²) in [4.78, 5) is 17.3. The second-order valence-corrected chi connectivity index (χ2v) is 5.93. The zero-order chi connectivity index (χ0) is 13.2. The third-order valence-corrected chi connectivity index (χ3v) is 4.70. The molecule has 0 saturated heterocycles. The first-order chi connectivity index (χ1) is 9.29. The number of hydrogen-bond donors (Lipinski definition) is 0. The molecule has 2 aromatic heterocycles. The maximum atomic E-state index is 12.3. The zero-order valence-corrected chi connectivity index (χ0v) is 11.4. The second kappa shape index (κ2) is 4.92. The fourth-order valence-corrected chi connectivity index (χ4v) is 3.51. The normalized spacial score (nSPS) is 12.2. The summed E-state index contributed by atoms with van der Waals surface area (Å²) in [7, 11) is 0. The number of hydrogen-bond acceptors (Lipinski definition) is 5. The lowest BCUT2D eigenvalue weighted by atomic mass is 10.1. The van der Waals surface area contributed by atoms with Crippen molar-refractivity contribution in [2.24, 2.45) is 0 Å². The molecule has 0 amide bonds. The molecule has 0 unspecified atom stereocenters. The van der Waals surface area contributed by atoms with Crippen LogP contribution >= 0.6 is 22.7 Å². The molecule has 0 fully saturated rings. The van der Waals surface area contributed by atoms with E-state index in [1.807, 2.05) is 35.7 Å². The van der Waals surface area contributed by atoms with Gasteiger partial charge in [0.2, 0.25) is 0 Å². The summed E-state index contributed by atoms with van der Waals surface area (Å²) < 4.78 is 0.997. The SMILES string of the molecule is N#C[C@@H](C(=O)c1cccs1)c1nc2ccccc2s1. The van der Waals surface area contributed by atoms with Crippen molar-refractivity contribution in [1.29, 1.82) is 5.26 Å². The third kappa shape index (κ3) is 2.16. The maximum absolute atomic E-state index is 12.3. The lowest BCUT2D eigenvalue weighted by Crippen LogP contribution is -2.09. The number of aromatic nitrogens is 1. The number of ketones is 1. The van der Waals surface area contributed by atoms with Crippen molar-refractivity contribution in [1.82, 2.24) is 4.98 Å². The van der Waals surface area contributed by atoms with Gasteiger partial charge in [0, 0.05) is 0 Å². The van der Waals surface area contributed by atoms with Gasteiger partial charge in [-0.15, -0.1) is 22.7 Å². The lowest BCUT2D eigenvalue weighted by molar-refractivity contribution is 0.0983. The number of nitriles is 1. The number of thiazole rings is 1. The van der Waals surface area contributed by atoms with Crippen molar-refractivity contribution in [3.63, 3.8) is 0 Å². The molecule has 19 heavy (non-hydrogen) atoms. The average Bonchev–Trinajstić information content (AvgIpc) is 3.08. The number of thiophene rings is 1. The molecule has 3 aromatic rings. The van der Waals surface area contributed by atoms with E-state index in [0.717, 1.165) is 10.2 Å². The molecule has 0 saturated carbocycles. The molecule has 0 N–H and O–H groups in total. The van der Waals surface area contributed by atoms with Crippen LogP contribution in [0.25, 0.3) is 10.2 Å². The number of rotatable bonds is 3. The molecule has 3 rings (SSSR count). The predicted octanol–water partition coefficient (Wildman–Crippen LogP) is 3.85. The van der Waals surface area contributed by atoms with Gasteiger partial charge in [0.25, 0.3) is 0 Å². The molecular weight excluding hydrogens is 276 g/mol. The summed E-state index contributed by atoms with van der Waals surface area (Å²) in [6.45, 7) is 0. The number of benzene rings is 1. The zero-order valence-electron chi connectivity index (χ0n) is 9.74. The van der Waals surface area contributed by atoms with Gasteiger partial charge in [-0.2, -0.15) is 5.26 Å². The Kier molecular flexibility index (Phi) is 3.11. The van der Waals surface area contributed by atoms with E-state index in [-0.39, 0.29) is 5.78 Å². The number of carbonyl (C=O) groups excluding carboxylic acids is 1. The molecule has 0 spiro atoms. The molecule has 0 radical (unpaired) electrons. The first-order valence-electron chi connectivity index (χ1n) is 5.62. The highest BCUT2D eigenvalue weighted by Gasteiger charge is 2.25. The van der Waals surface area contributed by atoms with Gasteiger partial charge >= 0.3 is 0 Å². The van der Waals surface area contributed by atoms with E-state index in [0.29, 0.717) is 9.88 Å². The first kappa shape index (κ1) is 12.0. The number of carbonyl (C=O) groups is 1. The highest BCUT2D eigenvalue weighted by molar-refractivity contribution is 7.19. The number of nitrogens with zero attached hydrogens (tertiary/aromatic N) is 2. The highest BCUT2D eigenvalue weighted by atomic mass is 32.1. The Morgan fingerprint density at radius 1 is 1.26 bits per heavy atom.